The summed E-state index contributed by atoms with van der Waals surface area (Å²) in [6.07, 6.45) is 7.45. The molecule has 0 N–H and O–H groups in total. The van der Waals surface area contributed by atoms with E-state index in [1.54, 1.807) is 0 Å². The summed E-state index contributed by atoms with van der Waals surface area (Å²) in [5.74, 6) is 0. The maximum absolute atomic E-state index is 2.43. The van der Waals surface area contributed by atoms with E-state index in [1.807, 2.05) is 0 Å². The van der Waals surface area contributed by atoms with Crippen LogP contribution in [0.15, 0.2) is 36.4 Å². The van der Waals surface area contributed by atoms with E-state index in [9.17, 15) is 0 Å². The van der Waals surface area contributed by atoms with Gasteiger partial charge in [-0.3, -0.25) is 0 Å². The first kappa shape index (κ1) is 17.0. The minimum Gasteiger partial charge on any atom is -0.0654 e. The van der Waals surface area contributed by atoms with Crippen LogP contribution >= 0.6 is 0 Å². The molecule has 0 aliphatic heterocycles. The van der Waals surface area contributed by atoms with Crippen LogP contribution in [0.2, 0.25) is 0 Å². The zero-order valence-electron chi connectivity index (χ0n) is 15.7. The van der Waals surface area contributed by atoms with Crippen LogP contribution in [0.1, 0.15) is 61.8 Å². The Bertz CT molecular complexity index is 781. The molecule has 0 aliphatic carbocycles. The zero-order valence-corrected chi connectivity index (χ0v) is 15.7. The van der Waals surface area contributed by atoms with Crippen LogP contribution in [0.5, 0.6) is 0 Å². The first-order valence-corrected chi connectivity index (χ1v) is 9.60. The van der Waals surface area contributed by atoms with Gasteiger partial charge in [-0.05, 0) is 83.3 Å². The molecule has 3 aromatic carbocycles. The Balaban J connectivity index is 2.15. The summed E-state index contributed by atoms with van der Waals surface area (Å²) in [5, 5.41) is 5.73. The first-order chi connectivity index (χ1) is 11.7. The molecule has 0 saturated carbocycles. The highest BCUT2D eigenvalue weighted by atomic mass is 14.1. The molecule has 0 aromatic heterocycles. The molecule has 0 saturated heterocycles. The van der Waals surface area contributed by atoms with E-state index >= 15 is 0 Å². The van der Waals surface area contributed by atoms with E-state index in [0.29, 0.717) is 0 Å². The monoisotopic (exact) mass is 318 g/mol. The quantitative estimate of drug-likeness (QED) is 0.418. The summed E-state index contributed by atoms with van der Waals surface area (Å²) in [4.78, 5) is 0. The lowest BCUT2D eigenvalue weighted by Crippen LogP contribution is -1.93. The van der Waals surface area contributed by atoms with Gasteiger partial charge in [0, 0.05) is 0 Å². The van der Waals surface area contributed by atoms with Crippen molar-refractivity contribution in [2.45, 2.75) is 66.2 Å². The Morgan fingerprint density at radius 2 is 1.00 bits per heavy atom. The minimum absolute atomic E-state index is 1.19. The third kappa shape index (κ3) is 3.20. The smallest absolute Gasteiger partial charge is 0.0143 e. The number of unbranched alkanes of at least 4 members (excludes halogenated alkanes) is 2. The van der Waals surface area contributed by atoms with Gasteiger partial charge >= 0.3 is 0 Å². The molecular formula is C24H30. The normalized spacial score (nSPS) is 11.5. The number of rotatable bonds is 6. The molecule has 3 aromatic rings. The summed E-state index contributed by atoms with van der Waals surface area (Å²) in [6, 6.07) is 14.2. The van der Waals surface area contributed by atoms with E-state index in [2.05, 4.69) is 64.1 Å². The van der Waals surface area contributed by atoms with Crippen molar-refractivity contribution in [2.75, 3.05) is 0 Å². The second-order valence-electron chi connectivity index (χ2n) is 7.22. The first-order valence-electron chi connectivity index (χ1n) is 9.60. The molecule has 0 atom stereocenters. The van der Waals surface area contributed by atoms with Crippen LogP contribution in [0.4, 0.5) is 0 Å². The summed E-state index contributed by atoms with van der Waals surface area (Å²) in [5.41, 5.74) is 5.83. The van der Waals surface area contributed by atoms with Gasteiger partial charge in [0.2, 0.25) is 0 Å². The number of hydrogen-bond acceptors (Lipinski definition) is 0. The molecule has 0 fully saturated rings. The molecule has 0 spiro atoms. The summed E-state index contributed by atoms with van der Waals surface area (Å²) in [6.45, 7) is 9.11. The van der Waals surface area contributed by atoms with E-state index in [0.717, 1.165) is 0 Å². The highest BCUT2D eigenvalue weighted by Crippen LogP contribution is 2.33. The fourth-order valence-electron chi connectivity index (χ4n) is 3.82. The minimum atomic E-state index is 1.19. The van der Waals surface area contributed by atoms with Gasteiger partial charge < -0.3 is 0 Å². The molecular weight excluding hydrogens is 288 g/mol. The van der Waals surface area contributed by atoms with Crippen molar-refractivity contribution < 1.29 is 0 Å². The van der Waals surface area contributed by atoms with Gasteiger partial charge in [0.05, 0.1) is 0 Å². The van der Waals surface area contributed by atoms with E-state index in [4.69, 9.17) is 0 Å². The topological polar surface area (TPSA) is 0 Å². The summed E-state index contributed by atoms with van der Waals surface area (Å²) < 4.78 is 0. The molecule has 3 rings (SSSR count). The van der Waals surface area contributed by atoms with Crippen LogP contribution in [-0.2, 0) is 12.8 Å². The van der Waals surface area contributed by atoms with Crippen molar-refractivity contribution in [3.8, 4) is 0 Å². The van der Waals surface area contributed by atoms with Crippen molar-refractivity contribution in [3.05, 3.63) is 58.7 Å². The lowest BCUT2D eigenvalue weighted by molar-refractivity contribution is 0.795. The van der Waals surface area contributed by atoms with E-state index in [-0.39, 0.29) is 0 Å². The molecule has 0 unspecified atom stereocenters. The summed E-state index contributed by atoms with van der Waals surface area (Å²) in [7, 11) is 0. The number of benzene rings is 3. The second kappa shape index (κ2) is 7.38. The number of aryl methyl sites for hydroxylation is 4. The Morgan fingerprint density at radius 1 is 0.583 bits per heavy atom. The lowest BCUT2D eigenvalue weighted by Gasteiger charge is -2.14. The van der Waals surface area contributed by atoms with Crippen LogP contribution < -0.4 is 0 Å². The van der Waals surface area contributed by atoms with Gasteiger partial charge in [-0.25, -0.2) is 0 Å². The molecule has 0 nitrogen and oxygen atoms in total. The fraction of sp³-hybridized carbons (Fsp3) is 0.417. The summed E-state index contributed by atoms with van der Waals surface area (Å²) >= 11 is 0. The SMILES string of the molecule is CCCCc1ccc2c(C)c3cc(CCCC)ccc3c(C)c2c1. The molecule has 0 radical (unpaired) electrons. The van der Waals surface area contributed by atoms with Crippen molar-refractivity contribution >= 4 is 21.5 Å². The molecule has 0 bridgehead atoms. The standard InChI is InChI=1S/C24H30/c1-5-7-9-19-11-13-21-18(4)24-16-20(10-8-6-2)12-14-22(24)17(3)23(21)15-19/h11-16H,5-10H2,1-4H3. The highest BCUT2D eigenvalue weighted by Gasteiger charge is 2.10. The number of fused-ring (bicyclic) bond motifs is 2. The van der Waals surface area contributed by atoms with Gasteiger partial charge in [0.25, 0.3) is 0 Å². The van der Waals surface area contributed by atoms with Crippen LogP contribution in [0.3, 0.4) is 0 Å². The molecule has 0 heterocycles. The zero-order chi connectivity index (χ0) is 17.1. The average molecular weight is 319 g/mol. The Hall–Kier alpha value is -1.82. The Labute approximate surface area is 146 Å². The predicted molar refractivity (Wildman–Crippen MR) is 108 cm³/mol. The van der Waals surface area contributed by atoms with Crippen molar-refractivity contribution in [1.29, 1.82) is 0 Å². The van der Waals surface area contributed by atoms with Gasteiger partial charge in [-0.1, -0.05) is 63.1 Å². The van der Waals surface area contributed by atoms with Gasteiger partial charge in [-0.2, -0.15) is 0 Å². The van der Waals surface area contributed by atoms with Crippen LogP contribution in [0.25, 0.3) is 21.5 Å². The highest BCUT2D eigenvalue weighted by molar-refractivity contribution is 6.05. The molecule has 0 heteroatoms. The van der Waals surface area contributed by atoms with Crippen molar-refractivity contribution in [3.63, 3.8) is 0 Å². The lowest BCUT2D eigenvalue weighted by atomic mass is 9.90. The Morgan fingerprint density at radius 3 is 1.38 bits per heavy atom. The van der Waals surface area contributed by atoms with Crippen molar-refractivity contribution in [1.82, 2.24) is 0 Å². The van der Waals surface area contributed by atoms with Gasteiger partial charge in [0.1, 0.15) is 0 Å². The maximum atomic E-state index is 2.43. The average Bonchev–Trinajstić information content (AvgIpc) is 2.62. The third-order valence-corrected chi connectivity index (χ3v) is 5.42. The molecule has 126 valence electrons. The van der Waals surface area contributed by atoms with Gasteiger partial charge in [-0.15, -0.1) is 0 Å². The maximum Gasteiger partial charge on any atom is -0.0143 e. The molecule has 0 aliphatic rings. The van der Waals surface area contributed by atoms with E-state index < -0.39 is 0 Å². The molecule has 0 amide bonds. The fourth-order valence-corrected chi connectivity index (χ4v) is 3.82. The van der Waals surface area contributed by atoms with Gasteiger partial charge in [0.15, 0.2) is 0 Å². The predicted octanol–water partition coefficient (Wildman–Crippen LogP) is 7.30. The van der Waals surface area contributed by atoms with Crippen LogP contribution in [0, 0.1) is 13.8 Å². The molecule has 24 heavy (non-hydrogen) atoms. The number of hydrogen-bond donors (Lipinski definition) is 0. The van der Waals surface area contributed by atoms with E-state index in [1.165, 1.54) is 82.3 Å². The Kier molecular flexibility index (Phi) is 5.23. The second-order valence-corrected chi connectivity index (χ2v) is 7.22. The third-order valence-electron chi connectivity index (χ3n) is 5.42. The largest absolute Gasteiger partial charge is 0.0654 e. The van der Waals surface area contributed by atoms with Crippen LogP contribution in [-0.4, -0.2) is 0 Å². The van der Waals surface area contributed by atoms with Crippen molar-refractivity contribution in [2.24, 2.45) is 0 Å².